The van der Waals surface area contributed by atoms with E-state index in [1.54, 1.807) is 29.7 Å². The lowest BCUT2D eigenvalue weighted by Gasteiger charge is -2.10. The van der Waals surface area contributed by atoms with Crippen molar-refractivity contribution in [2.24, 2.45) is 0 Å². The Kier molecular flexibility index (Phi) is 8.29. The molecule has 0 saturated heterocycles. The van der Waals surface area contributed by atoms with Crippen LogP contribution in [0.1, 0.15) is 42.5 Å². The van der Waals surface area contributed by atoms with Gasteiger partial charge in [0.1, 0.15) is 18.0 Å². The predicted octanol–water partition coefficient (Wildman–Crippen LogP) is 4.35. The van der Waals surface area contributed by atoms with Crippen LogP contribution in [0.15, 0.2) is 42.7 Å². The molecule has 0 aliphatic carbocycles. The van der Waals surface area contributed by atoms with Gasteiger partial charge in [0, 0.05) is 29.6 Å². The molecular formula is C22H23ClFN5O3. The highest BCUT2D eigenvalue weighted by atomic mass is 35.5. The molecule has 4 N–H and O–H groups in total. The highest BCUT2D eigenvalue weighted by molar-refractivity contribution is 6.31. The number of hydrogen-bond donors (Lipinski definition) is 4. The van der Waals surface area contributed by atoms with Gasteiger partial charge in [-0.3, -0.25) is 14.8 Å². The van der Waals surface area contributed by atoms with Gasteiger partial charge in [-0.2, -0.15) is 0 Å². The lowest BCUT2D eigenvalue weighted by atomic mass is 10.1. The van der Waals surface area contributed by atoms with E-state index in [4.69, 9.17) is 16.8 Å². The molecule has 2 amide bonds. The van der Waals surface area contributed by atoms with Gasteiger partial charge < -0.3 is 10.6 Å². The quantitative estimate of drug-likeness (QED) is 0.203. The zero-order valence-corrected chi connectivity index (χ0v) is 18.0. The summed E-state index contributed by atoms with van der Waals surface area (Å²) in [6, 6.07) is 9.42. The molecule has 0 saturated carbocycles. The molecule has 0 aliphatic rings. The normalized spacial score (nSPS) is 10.7. The van der Waals surface area contributed by atoms with E-state index in [1.807, 2.05) is 0 Å². The van der Waals surface area contributed by atoms with Gasteiger partial charge in [-0.05, 0) is 49.2 Å². The summed E-state index contributed by atoms with van der Waals surface area (Å²) < 4.78 is 13.4. The Morgan fingerprint density at radius 3 is 2.62 bits per heavy atom. The Hall–Kier alpha value is -3.30. The molecule has 0 atom stereocenters. The van der Waals surface area contributed by atoms with Crippen molar-refractivity contribution in [1.29, 1.82) is 0 Å². The van der Waals surface area contributed by atoms with Gasteiger partial charge in [-0.15, -0.1) is 0 Å². The van der Waals surface area contributed by atoms with Gasteiger partial charge in [0.15, 0.2) is 0 Å². The molecule has 3 rings (SSSR count). The summed E-state index contributed by atoms with van der Waals surface area (Å²) in [5.74, 6) is -0.586. The van der Waals surface area contributed by atoms with Gasteiger partial charge in [-0.25, -0.2) is 19.8 Å². The minimum Gasteiger partial charge on any atom is -0.352 e. The Labute approximate surface area is 189 Å². The number of hydroxylamine groups is 1. The fourth-order valence-corrected chi connectivity index (χ4v) is 3.31. The molecule has 168 valence electrons. The number of rotatable bonds is 10. The molecule has 1 aromatic heterocycles. The zero-order valence-electron chi connectivity index (χ0n) is 17.2. The standard InChI is InChI=1S/C22H23ClFN5O3/c23-17-12-15(7-9-18(17)24)28-21-16-8-6-14(11-19(16)26-13-27-21)22(31)25-10-4-2-1-3-5-20(30)29-32/h6-9,11-13,32H,1-5,10H2,(H,25,31)(H,29,30)(H,26,27,28). The zero-order chi connectivity index (χ0) is 22.9. The number of hydrogen-bond acceptors (Lipinski definition) is 6. The monoisotopic (exact) mass is 459 g/mol. The van der Waals surface area contributed by atoms with E-state index < -0.39 is 11.7 Å². The summed E-state index contributed by atoms with van der Waals surface area (Å²) in [6.45, 7) is 0.519. The second-order valence-electron chi connectivity index (χ2n) is 7.16. The number of anilines is 2. The van der Waals surface area contributed by atoms with Crippen LogP contribution in [0.4, 0.5) is 15.9 Å². The van der Waals surface area contributed by atoms with Crippen molar-refractivity contribution in [1.82, 2.24) is 20.8 Å². The third-order valence-corrected chi connectivity index (χ3v) is 5.11. The largest absolute Gasteiger partial charge is 0.352 e. The minimum absolute atomic E-state index is 0.00276. The van der Waals surface area contributed by atoms with E-state index in [2.05, 4.69) is 20.6 Å². The van der Waals surface area contributed by atoms with Crippen LogP contribution in [0, 0.1) is 5.82 Å². The first-order valence-corrected chi connectivity index (χ1v) is 10.5. The summed E-state index contributed by atoms with van der Waals surface area (Å²) in [6.07, 6.45) is 4.85. The molecule has 32 heavy (non-hydrogen) atoms. The molecule has 0 radical (unpaired) electrons. The molecule has 0 aliphatic heterocycles. The van der Waals surface area contributed by atoms with Crippen LogP contribution < -0.4 is 16.1 Å². The number of benzene rings is 2. The number of unbranched alkanes of at least 4 members (excludes halogenated alkanes) is 3. The average Bonchev–Trinajstić information content (AvgIpc) is 2.80. The molecule has 0 spiro atoms. The van der Waals surface area contributed by atoms with Crippen LogP contribution >= 0.6 is 11.6 Å². The van der Waals surface area contributed by atoms with Crippen LogP contribution in [0.5, 0.6) is 0 Å². The van der Waals surface area contributed by atoms with Crippen LogP contribution in [0.3, 0.4) is 0 Å². The number of nitrogens with zero attached hydrogens (tertiary/aromatic N) is 2. The molecular weight excluding hydrogens is 437 g/mol. The molecule has 1 heterocycles. The minimum atomic E-state index is -0.505. The number of amides is 2. The van der Waals surface area contributed by atoms with Crippen molar-refractivity contribution in [3.63, 3.8) is 0 Å². The van der Waals surface area contributed by atoms with E-state index in [9.17, 15) is 14.0 Å². The van der Waals surface area contributed by atoms with Crippen molar-refractivity contribution in [3.8, 4) is 0 Å². The second kappa shape index (κ2) is 11.4. The Morgan fingerprint density at radius 1 is 1.03 bits per heavy atom. The van der Waals surface area contributed by atoms with Gasteiger partial charge in [0.2, 0.25) is 5.91 Å². The number of carbonyl (C=O) groups is 2. The number of nitrogens with one attached hydrogen (secondary N) is 3. The van der Waals surface area contributed by atoms with Crippen molar-refractivity contribution in [3.05, 3.63) is 59.1 Å². The lowest BCUT2D eigenvalue weighted by molar-refractivity contribution is -0.129. The van der Waals surface area contributed by atoms with Crippen LogP contribution in [0.2, 0.25) is 5.02 Å². The van der Waals surface area contributed by atoms with E-state index in [-0.39, 0.29) is 17.4 Å². The Balaban J connectivity index is 1.56. The van der Waals surface area contributed by atoms with E-state index in [0.29, 0.717) is 40.9 Å². The fourth-order valence-electron chi connectivity index (χ4n) is 3.13. The number of aromatic nitrogens is 2. The van der Waals surface area contributed by atoms with Crippen LogP contribution in [0.25, 0.3) is 10.9 Å². The van der Waals surface area contributed by atoms with E-state index >= 15 is 0 Å². The van der Waals surface area contributed by atoms with E-state index in [0.717, 1.165) is 19.3 Å². The topological polar surface area (TPSA) is 116 Å². The summed E-state index contributed by atoms with van der Waals surface area (Å²) in [5.41, 5.74) is 3.25. The van der Waals surface area contributed by atoms with Crippen molar-refractivity contribution in [2.75, 3.05) is 11.9 Å². The van der Waals surface area contributed by atoms with Gasteiger partial charge in [0.05, 0.1) is 10.5 Å². The number of carbonyl (C=O) groups excluding carboxylic acids is 2. The second-order valence-corrected chi connectivity index (χ2v) is 7.57. The highest BCUT2D eigenvalue weighted by Crippen LogP contribution is 2.26. The maximum absolute atomic E-state index is 13.4. The third-order valence-electron chi connectivity index (χ3n) is 4.82. The summed E-state index contributed by atoms with van der Waals surface area (Å²) >= 11 is 5.83. The predicted molar refractivity (Wildman–Crippen MR) is 120 cm³/mol. The third kappa shape index (κ3) is 6.35. The summed E-state index contributed by atoms with van der Waals surface area (Å²) in [5, 5.41) is 15.1. The molecule has 0 unspecified atom stereocenters. The van der Waals surface area contributed by atoms with Crippen molar-refractivity contribution < 1.29 is 19.2 Å². The van der Waals surface area contributed by atoms with Gasteiger partial charge in [-0.1, -0.05) is 24.4 Å². The van der Waals surface area contributed by atoms with E-state index in [1.165, 1.54) is 18.5 Å². The van der Waals surface area contributed by atoms with Crippen molar-refractivity contribution in [2.45, 2.75) is 32.1 Å². The fraction of sp³-hybridized carbons (Fsp3) is 0.273. The van der Waals surface area contributed by atoms with Gasteiger partial charge >= 0.3 is 0 Å². The maximum Gasteiger partial charge on any atom is 0.251 e. The first-order valence-electron chi connectivity index (χ1n) is 10.2. The van der Waals surface area contributed by atoms with Gasteiger partial charge in [0.25, 0.3) is 5.91 Å². The molecule has 0 fully saturated rings. The number of fused-ring (bicyclic) bond motifs is 1. The first kappa shape index (κ1) is 23.4. The summed E-state index contributed by atoms with van der Waals surface area (Å²) in [7, 11) is 0. The summed E-state index contributed by atoms with van der Waals surface area (Å²) in [4.78, 5) is 31.9. The highest BCUT2D eigenvalue weighted by Gasteiger charge is 2.10. The SMILES string of the molecule is O=C(CCCCCCNC(=O)c1ccc2c(Nc3ccc(F)c(Cl)c3)ncnc2c1)NO. The molecule has 10 heteroatoms. The molecule has 2 aromatic carbocycles. The number of halogens is 2. The first-order chi connectivity index (χ1) is 15.5. The van der Waals surface area contributed by atoms with Crippen molar-refractivity contribution >= 4 is 45.8 Å². The molecule has 0 bridgehead atoms. The van der Waals surface area contributed by atoms with Crippen LogP contribution in [-0.2, 0) is 4.79 Å². The molecule has 8 nitrogen and oxygen atoms in total. The maximum atomic E-state index is 13.4. The molecule has 3 aromatic rings. The smallest absolute Gasteiger partial charge is 0.251 e. The van der Waals surface area contributed by atoms with Crippen LogP contribution in [-0.4, -0.2) is 33.5 Å². The lowest BCUT2D eigenvalue weighted by Crippen LogP contribution is -2.24. The Morgan fingerprint density at radius 2 is 1.84 bits per heavy atom. The average molecular weight is 460 g/mol. The Bertz CT molecular complexity index is 1110.